The SMILES string of the molecule is CC(=O)O.CN1/C(=C/N=Nc2ccccc2)C(C)(C)c2ccccc21. The van der Waals surface area contributed by atoms with Gasteiger partial charge in [-0.2, -0.15) is 10.2 Å². The summed E-state index contributed by atoms with van der Waals surface area (Å²) < 4.78 is 0. The molecule has 0 unspecified atom stereocenters. The topological polar surface area (TPSA) is 65.3 Å². The number of rotatable bonds is 2. The second-order valence-electron chi connectivity index (χ2n) is 6.29. The number of benzene rings is 2. The zero-order chi connectivity index (χ0) is 18.4. The fourth-order valence-electron chi connectivity index (χ4n) is 2.87. The third kappa shape index (κ3) is 4.32. The second kappa shape index (κ2) is 7.75. The summed E-state index contributed by atoms with van der Waals surface area (Å²) in [6.07, 6.45) is 1.87. The molecule has 25 heavy (non-hydrogen) atoms. The standard InChI is InChI=1S/C18H19N3.C2H4O2/c1-18(2)15-11-7-8-12-16(15)21(3)17(18)13-19-20-14-9-5-4-6-10-14;1-2(3)4/h4-13H,1-3H3;1H3,(H,3,4)/b17-13+,20-19?;. The Labute approximate surface area is 148 Å². The van der Waals surface area contributed by atoms with E-state index in [0.29, 0.717) is 0 Å². The van der Waals surface area contributed by atoms with Crippen LogP contribution in [0.4, 0.5) is 11.4 Å². The van der Waals surface area contributed by atoms with Crippen molar-refractivity contribution in [3.63, 3.8) is 0 Å². The summed E-state index contributed by atoms with van der Waals surface area (Å²) in [4.78, 5) is 11.2. The van der Waals surface area contributed by atoms with Gasteiger partial charge < -0.3 is 10.0 Å². The molecule has 2 aromatic carbocycles. The first kappa shape index (κ1) is 18.4. The number of hydrogen-bond donors (Lipinski definition) is 1. The summed E-state index contributed by atoms with van der Waals surface area (Å²) in [5.74, 6) is -0.833. The minimum Gasteiger partial charge on any atom is -0.481 e. The molecule has 0 aromatic heterocycles. The van der Waals surface area contributed by atoms with E-state index in [0.717, 1.165) is 18.3 Å². The molecule has 0 aliphatic carbocycles. The Balaban J connectivity index is 0.000000511. The zero-order valence-corrected chi connectivity index (χ0v) is 15.0. The van der Waals surface area contributed by atoms with E-state index in [1.807, 2.05) is 36.5 Å². The number of allylic oxidation sites excluding steroid dienone is 1. The molecule has 130 valence electrons. The van der Waals surface area contributed by atoms with Crippen molar-refractivity contribution in [2.24, 2.45) is 10.2 Å². The van der Waals surface area contributed by atoms with Crippen molar-refractivity contribution in [3.05, 3.63) is 72.1 Å². The van der Waals surface area contributed by atoms with Crippen LogP contribution in [0.1, 0.15) is 26.3 Å². The Bertz CT molecular complexity index is 792. The molecule has 3 rings (SSSR count). The average Bonchev–Trinajstić information content (AvgIpc) is 2.76. The number of aliphatic carboxylic acids is 1. The Morgan fingerprint density at radius 2 is 1.64 bits per heavy atom. The van der Waals surface area contributed by atoms with Gasteiger partial charge in [0.1, 0.15) is 0 Å². The Morgan fingerprint density at radius 1 is 1.08 bits per heavy atom. The summed E-state index contributed by atoms with van der Waals surface area (Å²) >= 11 is 0. The highest BCUT2D eigenvalue weighted by Crippen LogP contribution is 2.46. The summed E-state index contributed by atoms with van der Waals surface area (Å²) in [6, 6.07) is 18.3. The fraction of sp³-hybridized carbons (Fsp3) is 0.250. The fourth-order valence-corrected chi connectivity index (χ4v) is 2.87. The van der Waals surface area contributed by atoms with Crippen LogP contribution in [0.3, 0.4) is 0 Å². The van der Waals surface area contributed by atoms with Crippen LogP contribution in [0.25, 0.3) is 0 Å². The van der Waals surface area contributed by atoms with Gasteiger partial charge in [0.2, 0.25) is 0 Å². The molecule has 0 atom stereocenters. The van der Waals surface area contributed by atoms with Crippen LogP contribution < -0.4 is 4.90 Å². The smallest absolute Gasteiger partial charge is 0.300 e. The summed E-state index contributed by atoms with van der Waals surface area (Å²) in [5, 5.41) is 15.9. The molecule has 1 aliphatic rings. The summed E-state index contributed by atoms with van der Waals surface area (Å²) in [5.41, 5.74) is 4.53. The lowest BCUT2D eigenvalue weighted by atomic mass is 9.84. The number of fused-ring (bicyclic) bond motifs is 1. The number of para-hydroxylation sites is 1. The number of anilines is 1. The van der Waals surface area contributed by atoms with Crippen LogP contribution >= 0.6 is 0 Å². The van der Waals surface area contributed by atoms with E-state index < -0.39 is 5.97 Å². The number of hydrogen-bond acceptors (Lipinski definition) is 4. The highest BCUT2D eigenvalue weighted by atomic mass is 16.4. The second-order valence-corrected chi connectivity index (χ2v) is 6.29. The van der Waals surface area contributed by atoms with Crippen molar-refractivity contribution >= 4 is 17.3 Å². The molecule has 0 radical (unpaired) electrons. The van der Waals surface area contributed by atoms with Gasteiger partial charge >= 0.3 is 0 Å². The van der Waals surface area contributed by atoms with Crippen molar-refractivity contribution in [1.82, 2.24) is 0 Å². The molecule has 5 heteroatoms. The first-order valence-corrected chi connectivity index (χ1v) is 8.03. The normalized spacial score (nSPS) is 16.5. The Hall–Kier alpha value is -2.95. The summed E-state index contributed by atoms with van der Waals surface area (Å²) in [7, 11) is 2.08. The molecule has 0 spiro atoms. The van der Waals surface area contributed by atoms with Crippen molar-refractivity contribution in [1.29, 1.82) is 0 Å². The molecule has 5 nitrogen and oxygen atoms in total. The third-order valence-electron chi connectivity index (χ3n) is 4.05. The monoisotopic (exact) mass is 337 g/mol. The highest BCUT2D eigenvalue weighted by molar-refractivity contribution is 5.69. The minimum absolute atomic E-state index is 0.0545. The molecule has 2 aromatic rings. The van der Waals surface area contributed by atoms with E-state index in [1.165, 1.54) is 11.3 Å². The van der Waals surface area contributed by atoms with Gasteiger partial charge in [-0.3, -0.25) is 4.79 Å². The van der Waals surface area contributed by atoms with Crippen molar-refractivity contribution < 1.29 is 9.90 Å². The van der Waals surface area contributed by atoms with E-state index in [4.69, 9.17) is 9.90 Å². The predicted molar refractivity (Wildman–Crippen MR) is 100 cm³/mol. The molecule has 0 fully saturated rings. The van der Waals surface area contributed by atoms with Crippen LogP contribution in [-0.2, 0) is 10.2 Å². The van der Waals surface area contributed by atoms with Gasteiger partial charge in [-0.25, -0.2) is 0 Å². The minimum atomic E-state index is -0.833. The lowest BCUT2D eigenvalue weighted by molar-refractivity contribution is -0.134. The number of carbonyl (C=O) groups is 1. The number of nitrogens with zero attached hydrogens (tertiary/aromatic N) is 3. The molecule has 0 saturated carbocycles. The molecule has 0 amide bonds. The Morgan fingerprint density at radius 3 is 2.24 bits per heavy atom. The molecular weight excluding hydrogens is 314 g/mol. The maximum absolute atomic E-state index is 9.00. The van der Waals surface area contributed by atoms with Gasteiger partial charge in [0, 0.05) is 30.8 Å². The maximum atomic E-state index is 9.00. The molecule has 0 saturated heterocycles. The molecule has 0 bridgehead atoms. The van der Waals surface area contributed by atoms with E-state index >= 15 is 0 Å². The van der Waals surface area contributed by atoms with Crippen LogP contribution in [-0.4, -0.2) is 18.1 Å². The largest absolute Gasteiger partial charge is 0.481 e. The van der Waals surface area contributed by atoms with E-state index in [2.05, 4.69) is 60.3 Å². The van der Waals surface area contributed by atoms with Crippen LogP contribution in [0.15, 0.2) is 76.7 Å². The van der Waals surface area contributed by atoms with Crippen LogP contribution in [0.5, 0.6) is 0 Å². The first-order chi connectivity index (χ1) is 11.8. The van der Waals surface area contributed by atoms with Gasteiger partial charge in [0.05, 0.1) is 11.9 Å². The molecule has 1 heterocycles. The van der Waals surface area contributed by atoms with Gasteiger partial charge in [-0.15, -0.1) is 0 Å². The zero-order valence-electron chi connectivity index (χ0n) is 15.0. The van der Waals surface area contributed by atoms with E-state index in [1.54, 1.807) is 0 Å². The predicted octanol–water partition coefficient (Wildman–Crippen LogP) is 5.13. The van der Waals surface area contributed by atoms with E-state index in [9.17, 15) is 0 Å². The third-order valence-corrected chi connectivity index (χ3v) is 4.05. The quantitative estimate of drug-likeness (QED) is 0.773. The van der Waals surface area contributed by atoms with Crippen molar-refractivity contribution in [2.75, 3.05) is 11.9 Å². The first-order valence-electron chi connectivity index (χ1n) is 8.03. The van der Waals surface area contributed by atoms with Crippen LogP contribution in [0, 0.1) is 0 Å². The summed E-state index contributed by atoms with van der Waals surface area (Å²) in [6.45, 7) is 5.53. The van der Waals surface area contributed by atoms with Crippen molar-refractivity contribution in [3.8, 4) is 0 Å². The van der Waals surface area contributed by atoms with Gasteiger partial charge in [-0.1, -0.05) is 50.2 Å². The van der Waals surface area contributed by atoms with Crippen molar-refractivity contribution in [2.45, 2.75) is 26.2 Å². The van der Waals surface area contributed by atoms with Gasteiger partial charge in [-0.05, 0) is 23.8 Å². The van der Waals surface area contributed by atoms with Crippen LogP contribution in [0.2, 0.25) is 0 Å². The van der Waals surface area contributed by atoms with Gasteiger partial charge in [0.15, 0.2) is 0 Å². The number of carboxylic acid groups (broad SMARTS) is 1. The lowest BCUT2D eigenvalue weighted by Gasteiger charge is -2.22. The number of likely N-dealkylation sites (N-methyl/N-ethyl adjacent to an activating group) is 1. The Kier molecular flexibility index (Phi) is 5.70. The van der Waals surface area contributed by atoms with E-state index in [-0.39, 0.29) is 5.41 Å². The molecular formula is C20H23N3O2. The highest BCUT2D eigenvalue weighted by Gasteiger charge is 2.38. The maximum Gasteiger partial charge on any atom is 0.300 e. The lowest BCUT2D eigenvalue weighted by Crippen LogP contribution is -2.22. The molecule has 1 aliphatic heterocycles. The number of azo groups is 1. The molecule has 1 N–H and O–H groups in total. The van der Waals surface area contributed by atoms with Gasteiger partial charge in [0.25, 0.3) is 5.97 Å². The average molecular weight is 337 g/mol. The number of carboxylic acids is 1.